The molecule has 2 spiro atoms. The molecule has 0 bridgehead atoms. The van der Waals surface area contributed by atoms with Crippen molar-refractivity contribution in [2.24, 2.45) is 50.7 Å². The van der Waals surface area contributed by atoms with Crippen molar-refractivity contribution in [3.8, 4) is 0 Å². The molecule has 0 aliphatic heterocycles. The SMILES string of the molecule is CC(=O)O[C@H]1CC[C@]23C[C@@]24CC[C@]2(C)[C@@H]([C@H](C)CCC=C(C)C)CC[C@@]2(C)[C@@H]4CC[C@H]3C1(C)C. The molecule has 0 aromatic rings. The molecule has 0 aromatic heterocycles. The molecule has 5 rings (SSSR count). The highest BCUT2D eigenvalue weighted by molar-refractivity contribution is 5.66. The molecule has 0 aromatic carbocycles. The van der Waals surface area contributed by atoms with Gasteiger partial charge in [0.15, 0.2) is 0 Å². The predicted octanol–water partition coefficient (Wildman–Crippen LogP) is 8.74. The lowest BCUT2D eigenvalue weighted by Crippen LogP contribution is -2.58. The van der Waals surface area contributed by atoms with Crippen LogP contribution in [0, 0.1) is 50.7 Å². The molecule has 2 heteroatoms. The topological polar surface area (TPSA) is 26.3 Å². The van der Waals surface area contributed by atoms with Crippen molar-refractivity contribution in [2.45, 2.75) is 132 Å². The maximum absolute atomic E-state index is 11.8. The zero-order valence-electron chi connectivity index (χ0n) is 23.6. The number of hydrogen-bond acceptors (Lipinski definition) is 2. The smallest absolute Gasteiger partial charge is 0.302 e. The number of ether oxygens (including phenoxy) is 1. The Bertz CT molecular complexity index is 866. The third kappa shape index (κ3) is 3.14. The Kier molecular flexibility index (Phi) is 5.75. The Labute approximate surface area is 210 Å². The molecule has 0 saturated heterocycles. The Morgan fingerprint density at radius 3 is 2.24 bits per heavy atom. The summed E-state index contributed by atoms with van der Waals surface area (Å²) >= 11 is 0. The van der Waals surface area contributed by atoms with E-state index in [0.29, 0.717) is 21.7 Å². The van der Waals surface area contributed by atoms with E-state index in [9.17, 15) is 4.79 Å². The van der Waals surface area contributed by atoms with E-state index in [1.54, 1.807) is 6.92 Å². The van der Waals surface area contributed by atoms with E-state index in [2.05, 4.69) is 54.5 Å². The van der Waals surface area contributed by atoms with Gasteiger partial charge in [-0.15, -0.1) is 0 Å². The van der Waals surface area contributed by atoms with Crippen molar-refractivity contribution in [1.29, 1.82) is 0 Å². The molecule has 0 unspecified atom stereocenters. The number of allylic oxidation sites excluding steroid dienone is 2. The van der Waals surface area contributed by atoms with Gasteiger partial charge >= 0.3 is 5.97 Å². The average molecular weight is 469 g/mol. The number of carbonyl (C=O) groups excluding carboxylic acids is 1. The van der Waals surface area contributed by atoms with Gasteiger partial charge in [0.2, 0.25) is 0 Å². The molecule has 0 heterocycles. The number of rotatable bonds is 5. The Hall–Kier alpha value is -0.790. The van der Waals surface area contributed by atoms with E-state index < -0.39 is 0 Å². The Morgan fingerprint density at radius 1 is 0.882 bits per heavy atom. The minimum atomic E-state index is -0.0927. The van der Waals surface area contributed by atoms with Crippen LogP contribution in [0.5, 0.6) is 0 Å². The van der Waals surface area contributed by atoms with Crippen LogP contribution in [-0.4, -0.2) is 12.1 Å². The Morgan fingerprint density at radius 2 is 1.56 bits per heavy atom. The lowest BCUT2D eigenvalue weighted by molar-refractivity contribution is -0.181. The summed E-state index contributed by atoms with van der Waals surface area (Å²) in [4.78, 5) is 11.8. The first-order valence-corrected chi connectivity index (χ1v) is 14.6. The fraction of sp³-hybridized carbons (Fsp3) is 0.906. The minimum Gasteiger partial charge on any atom is -0.462 e. The van der Waals surface area contributed by atoms with Gasteiger partial charge in [0.05, 0.1) is 0 Å². The van der Waals surface area contributed by atoms with Crippen molar-refractivity contribution >= 4 is 5.97 Å². The second-order valence-corrected chi connectivity index (χ2v) is 14.9. The number of hydrogen-bond donors (Lipinski definition) is 0. The first kappa shape index (κ1) is 24.9. The minimum absolute atomic E-state index is 0.0927. The molecule has 0 N–H and O–H groups in total. The van der Waals surface area contributed by atoms with Crippen molar-refractivity contribution in [3.05, 3.63) is 11.6 Å². The van der Waals surface area contributed by atoms with E-state index in [4.69, 9.17) is 4.74 Å². The van der Waals surface area contributed by atoms with Crippen LogP contribution in [0.2, 0.25) is 0 Å². The zero-order valence-corrected chi connectivity index (χ0v) is 23.6. The summed E-state index contributed by atoms with van der Waals surface area (Å²) in [5.74, 6) is 3.27. The third-order valence-electron chi connectivity index (χ3n) is 13.3. The first-order valence-electron chi connectivity index (χ1n) is 14.6. The largest absolute Gasteiger partial charge is 0.462 e. The summed E-state index contributed by atoms with van der Waals surface area (Å²) < 4.78 is 5.90. The van der Waals surface area contributed by atoms with E-state index in [0.717, 1.165) is 30.1 Å². The van der Waals surface area contributed by atoms with Gasteiger partial charge in [0, 0.05) is 12.3 Å². The second-order valence-electron chi connectivity index (χ2n) is 14.9. The van der Waals surface area contributed by atoms with Crippen LogP contribution in [0.4, 0.5) is 0 Å². The normalized spacial score (nSPS) is 49.1. The monoisotopic (exact) mass is 468 g/mol. The van der Waals surface area contributed by atoms with Crippen LogP contribution < -0.4 is 0 Å². The van der Waals surface area contributed by atoms with Gasteiger partial charge in [-0.25, -0.2) is 0 Å². The molecule has 0 amide bonds. The summed E-state index contributed by atoms with van der Waals surface area (Å²) in [7, 11) is 0. The van der Waals surface area contributed by atoms with Gasteiger partial charge in [-0.3, -0.25) is 4.79 Å². The van der Waals surface area contributed by atoms with E-state index in [1.807, 2.05) is 0 Å². The van der Waals surface area contributed by atoms with Crippen molar-refractivity contribution in [2.75, 3.05) is 0 Å². The van der Waals surface area contributed by atoms with Gasteiger partial charge in [0.1, 0.15) is 6.10 Å². The maximum Gasteiger partial charge on any atom is 0.302 e. The van der Waals surface area contributed by atoms with Gasteiger partial charge < -0.3 is 4.74 Å². The van der Waals surface area contributed by atoms with Crippen molar-refractivity contribution < 1.29 is 9.53 Å². The lowest BCUT2D eigenvalue weighted by Gasteiger charge is -2.63. The van der Waals surface area contributed by atoms with Crippen molar-refractivity contribution in [3.63, 3.8) is 0 Å². The fourth-order valence-electron chi connectivity index (χ4n) is 11.5. The van der Waals surface area contributed by atoms with Gasteiger partial charge in [-0.2, -0.15) is 0 Å². The molecule has 5 aliphatic carbocycles. The lowest BCUT2D eigenvalue weighted by atomic mass is 9.41. The second kappa shape index (κ2) is 7.85. The zero-order chi connectivity index (χ0) is 24.7. The molecular weight excluding hydrogens is 416 g/mol. The maximum atomic E-state index is 11.8. The van der Waals surface area contributed by atoms with Gasteiger partial charge in [0.25, 0.3) is 0 Å². The van der Waals surface area contributed by atoms with Gasteiger partial charge in [-0.05, 0) is 130 Å². The molecule has 9 atom stereocenters. The molecule has 5 aliphatic rings. The standard InChI is InChI=1S/C32H52O2/c1-21(2)10-9-11-22(3)24-14-16-30(8)26-13-12-25-28(5,6)27(34-23(4)33)15-17-31(25)20-32(26,31)19-18-29(24,30)7/h10,22,24-27H,9,11-20H2,1-8H3/t22-,24-,25+,26+,27+,29-,30+,31-,32-/m1/s1. The molecule has 34 heavy (non-hydrogen) atoms. The molecule has 5 fully saturated rings. The molecular formula is C32H52O2. The number of esters is 1. The van der Waals surface area contributed by atoms with Crippen LogP contribution >= 0.6 is 0 Å². The van der Waals surface area contributed by atoms with Gasteiger partial charge in [-0.1, -0.05) is 46.3 Å². The quantitative estimate of drug-likeness (QED) is 0.298. The number of fused-ring (bicyclic) bond motifs is 2. The van der Waals surface area contributed by atoms with Crippen molar-refractivity contribution in [1.82, 2.24) is 0 Å². The molecule has 0 radical (unpaired) electrons. The highest BCUT2D eigenvalue weighted by Crippen LogP contribution is 2.89. The third-order valence-corrected chi connectivity index (χ3v) is 13.3. The summed E-state index contributed by atoms with van der Waals surface area (Å²) in [5.41, 5.74) is 3.71. The van der Waals surface area contributed by atoms with Crippen LogP contribution in [-0.2, 0) is 9.53 Å². The summed E-state index contributed by atoms with van der Waals surface area (Å²) in [6, 6.07) is 0. The molecule has 2 nitrogen and oxygen atoms in total. The highest BCUT2D eigenvalue weighted by atomic mass is 16.5. The summed E-state index contributed by atoms with van der Waals surface area (Å²) in [6.45, 7) is 18.9. The molecule has 192 valence electrons. The van der Waals surface area contributed by atoms with Crippen LogP contribution in [0.25, 0.3) is 0 Å². The van der Waals surface area contributed by atoms with E-state index >= 15 is 0 Å². The first-order chi connectivity index (χ1) is 15.8. The van der Waals surface area contributed by atoms with E-state index in [1.165, 1.54) is 69.8 Å². The number of carbonyl (C=O) groups is 1. The average Bonchev–Trinajstić information content (AvgIpc) is 3.32. The highest BCUT2D eigenvalue weighted by Gasteiger charge is 2.82. The summed E-state index contributed by atoms with van der Waals surface area (Å²) in [6.07, 6.45) is 17.6. The molecule has 5 saturated carbocycles. The van der Waals surface area contributed by atoms with Crippen LogP contribution in [0.3, 0.4) is 0 Å². The predicted molar refractivity (Wildman–Crippen MR) is 140 cm³/mol. The van der Waals surface area contributed by atoms with Crippen LogP contribution in [0.1, 0.15) is 126 Å². The Balaban J connectivity index is 1.39. The fourth-order valence-corrected chi connectivity index (χ4v) is 11.5. The van der Waals surface area contributed by atoms with E-state index in [-0.39, 0.29) is 17.5 Å². The summed E-state index contributed by atoms with van der Waals surface area (Å²) in [5, 5.41) is 0. The van der Waals surface area contributed by atoms with Crippen LogP contribution in [0.15, 0.2) is 11.6 Å².